The van der Waals surface area contributed by atoms with Crippen LogP contribution in [0, 0.1) is 0 Å². The molecule has 0 saturated heterocycles. The van der Waals surface area contributed by atoms with Crippen molar-refractivity contribution in [2.45, 2.75) is 0 Å². The maximum atomic E-state index is 5.53. The first-order valence-corrected chi connectivity index (χ1v) is 19.4. The number of rotatable bonds is 4. The maximum absolute atomic E-state index is 5.53. The van der Waals surface area contributed by atoms with Crippen LogP contribution in [0.3, 0.4) is 0 Å². The highest BCUT2D eigenvalue weighted by atomic mass is 32.1. The third-order valence-corrected chi connectivity index (χ3v) is 12.3. The summed E-state index contributed by atoms with van der Waals surface area (Å²) < 4.78 is 5.95. The van der Waals surface area contributed by atoms with E-state index in [1.165, 1.54) is 58.3 Å². The fourth-order valence-corrected chi connectivity index (χ4v) is 10.1. The van der Waals surface area contributed by atoms with Crippen LogP contribution in [0.2, 0.25) is 0 Å². The van der Waals surface area contributed by atoms with E-state index in [0.29, 0.717) is 5.95 Å². The van der Waals surface area contributed by atoms with Crippen molar-refractivity contribution in [1.82, 2.24) is 19.1 Å². The minimum Gasteiger partial charge on any atom is -0.301 e. The van der Waals surface area contributed by atoms with E-state index in [0.717, 1.165) is 44.4 Å². The van der Waals surface area contributed by atoms with Crippen LogP contribution in [-0.2, 0) is 0 Å². The third kappa shape index (κ3) is 4.45. The first-order valence-electron chi connectivity index (χ1n) is 18.6. The molecule has 4 aromatic heterocycles. The van der Waals surface area contributed by atoms with E-state index >= 15 is 0 Å². The Morgan fingerprint density at radius 2 is 1.11 bits per heavy atom. The molecule has 256 valence electrons. The van der Waals surface area contributed by atoms with E-state index in [-0.39, 0.29) is 0 Å². The summed E-state index contributed by atoms with van der Waals surface area (Å²) in [6.45, 7) is 0. The molecule has 0 aliphatic carbocycles. The number of para-hydroxylation sites is 3. The van der Waals surface area contributed by atoms with E-state index in [1.807, 2.05) is 11.3 Å². The predicted octanol–water partition coefficient (Wildman–Crippen LogP) is 13.5. The minimum atomic E-state index is 0.664. The molecule has 4 heterocycles. The monoisotopic (exact) mass is 718 g/mol. The molecule has 0 N–H and O–H groups in total. The number of hydrogen-bond acceptors (Lipinski definition) is 3. The van der Waals surface area contributed by atoms with Gasteiger partial charge in [-0.1, -0.05) is 146 Å². The fraction of sp³-hybridized carbons (Fsp3) is 0. The summed E-state index contributed by atoms with van der Waals surface area (Å²) in [5.74, 6) is 0.664. The smallest absolute Gasteiger partial charge is 0.235 e. The molecule has 0 radical (unpaired) electrons. The lowest BCUT2D eigenvalue weighted by molar-refractivity contribution is 1.02. The van der Waals surface area contributed by atoms with E-state index in [1.54, 1.807) is 0 Å². The highest BCUT2D eigenvalue weighted by Crippen LogP contribution is 2.47. The topological polar surface area (TPSA) is 35.6 Å². The quantitative estimate of drug-likeness (QED) is 0.182. The van der Waals surface area contributed by atoms with Crippen molar-refractivity contribution in [3.8, 4) is 34.0 Å². The number of nitrogens with zero attached hydrogens (tertiary/aromatic N) is 4. The molecule has 12 aromatic rings. The normalized spacial score (nSPS) is 12.0. The molecule has 5 heteroatoms. The molecule has 0 bridgehead atoms. The largest absolute Gasteiger partial charge is 0.301 e. The number of benzene rings is 8. The Balaban J connectivity index is 1.18. The summed E-state index contributed by atoms with van der Waals surface area (Å²) in [4.78, 5) is 12.2. The number of hydrogen-bond donors (Lipinski definition) is 0. The van der Waals surface area contributed by atoms with Crippen molar-refractivity contribution >= 4 is 86.0 Å². The van der Waals surface area contributed by atoms with Gasteiger partial charge in [-0.15, -0.1) is 11.3 Å². The Bertz CT molecular complexity index is 3480. The van der Waals surface area contributed by atoms with Gasteiger partial charge in [0, 0.05) is 43.6 Å². The predicted molar refractivity (Wildman–Crippen MR) is 232 cm³/mol. The lowest BCUT2D eigenvalue weighted by atomic mass is 9.96. The molecular formula is C50H30N4S. The van der Waals surface area contributed by atoms with Gasteiger partial charge in [0.1, 0.15) is 4.83 Å². The Morgan fingerprint density at radius 3 is 1.95 bits per heavy atom. The molecule has 0 aliphatic heterocycles. The van der Waals surface area contributed by atoms with Crippen LogP contribution in [0.1, 0.15) is 0 Å². The lowest BCUT2D eigenvalue weighted by Crippen LogP contribution is -2.03. The summed E-state index contributed by atoms with van der Waals surface area (Å²) in [5, 5.41) is 9.64. The van der Waals surface area contributed by atoms with Crippen molar-refractivity contribution in [1.29, 1.82) is 0 Å². The molecule has 8 aromatic carbocycles. The Labute approximate surface area is 319 Å². The van der Waals surface area contributed by atoms with Gasteiger partial charge < -0.3 is 4.57 Å². The standard InChI is InChI=1S/C50H30N4S/c1-3-15-32(16-4-1)46-41-30-33(36-23-13-17-31-14-7-8-20-35(31)36)26-29-42(41)51-50(52-46)54-43-24-11-9-21-37(43)38-27-28-40-45-39-22-10-12-25-44(39)53(34-18-5-2-6-19-34)49(45)55-48(40)47(38)54/h1-30H. The minimum absolute atomic E-state index is 0.664. The van der Waals surface area contributed by atoms with Gasteiger partial charge in [-0.2, -0.15) is 0 Å². The summed E-state index contributed by atoms with van der Waals surface area (Å²) in [7, 11) is 0. The van der Waals surface area contributed by atoms with E-state index in [4.69, 9.17) is 9.97 Å². The number of thiophene rings is 1. The van der Waals surface area contributed by atoms with E-state index in [9.17, 15) is 0 Å². The summed E-state index contributed by atoms with van der Waals surface area (Å²) in [6, 6.07) is 65.1. The average Bonchev–Trinajstić information content (AvgIpc) is 3.90. The van der Waals surface area contributed by atoms with E-state index < -0.39 is 0 Å². The Morgan fingerprint density at radius 1 is 0.436 bits per heavy atom. The zero-order chi connectivity index (χ0) is 36.0. The first kappa shape index (κ1) is 30.4. The molecule has 0 unspecified atom stereocenters. The highest BCUT2D eigenvalue weighted by molar-refractivity contribution is 7.26. The van der Waals surface area contributed by atoms with Gasteiger partial charge in [-0.05, 0) is 58.3 Å². The van der Waals surface area contributed by atoms with Crippen molar-refractivity contribution in [3.05, 3.63) is 182 Å². The summed E-state index contributed by atoms with van der Waals surface area (Å²) in [5.41, 5.74) is 9.82. The van der Waals surface area contributed by atoms with Crippen LogP contribution in [0.4, 0.5) is 0 Å². The first-order chi connectivity index (χ1) is 27.3. The average molecular weight is 719 g/mol. The molecular weight excluding hydrogens is 689 g/mol. The van der Waals surface area contributed by atoms with Gasteiger partial charge in [0.2, 0.25) is 5.95 Å². The second kappa shape index (κ2) is 11.7. The van der Waals surface area contributed by atoms with Crippen molar-refractivity contribution < 1.29 is 0 Å². The van der Waals surface area contributed by atoms with Gasteiger partial charge in [-0.3, -0.25) is 4.57 Å². The van der Waals surface area contributed by atoms with Gasteiger partial charge in [-0.25, -0.2) is 9.97 Å². The van der Waals surface area contributed by atoms with Crippen LogP contribution >= 0.6 is 11.3 Å². The molecule has 0 atom stereocenters. The molecule has 0 saturated carbocycles. The zero-order valence-corrected chi connectivity index (χ0v) is 30.3. The van der Waals surface area contributed by atoms with Gasteiger partial charge in [0.15, 0.2) is 0 Å². The SMILES string of the molecule is c1ccc(-c2nc(-n3c4ccccc4c4ccc5c(sc6c5c5ccccc5n6-c5ccccc5)c43)nc3ccc(-c4cccc5ccccc45)cc23)cc1. The molecule has 12 rings (SSSR count). The zero-order valence-electron chi connectivity index (χ0n) is 29.5. The number of aromatic nitrogens is 4. The lowest BCUT2D eigenvalue weighted by Gasteiger charge is -2.14. The van der Waals surface area contributed by atoms with Crippen LogP contribution in [0.15, 0.2) is 182 Å². The van der Waals surface area contributed by atoms with Crippen molar-refractivity contribution in [2.75, 3.05) is 0 Å². The maximum Gasteiger partial charge on any atom is 0.235 e. The Kier molecular flexibility index (Phi) is 6.47. The second-order valence-electron chi connectivity index (χ2n) is 14.2. The second-order valence-corrected chi connectivity index (χ2v) is 15.2. The Hall–Kier alpha value is -7.08. The molecule has 0 spiro atoms. The molecule has 0 amide bonds. The van der Waals surface area contributed by atoms with Crippen LogP contribution in [0.25, 0.3) is 109 Å². The van der Waals surface area contributed by atoms with Crippen LogP contribution in [0.5, 0.6) is 0 Å². The van der Waals surface area contributed by atoms with Crippen LogP contribution < -0.4 is 0 Å². The summed E-state index contributed by atoms with van der Waals surface area (Å²) >= 11 is 1.85. The molecule has 4 nitrogen and oxygen atoms in total. The molecule has 55 heavy (non-hydrogen) atoms. The van der Waals surface area contributed by atoms with Crippen molar-refractivity contribution in [3.63, 3.8) is 0 Å². The van der Waals surface area contributed by atoms with E-state index in [2.05, 4.69) is 191 Å². The summed E-state index contributed by atoms with van der Waals surface area (Å²) in [6.07, 6.45) is 0. The third-order valence-electron chi connectivity index (χ3n) is 11.1. The fourth-order valence-electron chi connectivity index (χ4n) is 8.72. The molecule has 0 aliphatic rings. The van der Waals surface area contributed by atoms with Gasteiger partial charge in [0.25, 0.3) is 0 Å². The van der Waals surface area contributed by atoms with Gasteiger partial charge in [0.05, 0.1) is 32.5 Å². The van der Waals surface area contributed by atoms with Gasteiger partial charge >= 0.3 is 0 Å². The highest BCUT2D eigenvalue weighted by Gasteiger charge is 2.24. The molecule has 0 fully saturated rings. The number of fused-ring (bicyclic) bond motifs is 11. The van der Waals surface area contributed by atoms with Crippen LogP contribution in [-0.4, -0.2) is 19.1 Å². The van der Waals surface area contributed by atoms with Crippen molar-refractivity contribution in [2.24, 2.45) is 0 Å².